The van der Waals surface area contributed by atoms with Gasteiger partial charge in [0, 0.05) is 32.4 Å². The summed E-state index contributed by atoms with van der Waals surface area (Å²) in [6.07, 6.45) is 5.54. The van der Waals surface area contributed by atoms with E-state index in [1.54, 1.807) is 6.20 Å². The zero-order chi connectivity index (χ0) is 22.2. The van der Waals surface area contributed by atoms with Crippen LogP contribution in [0, 0.1) is 12.3 Å². The van der Waals surface area contributed by atoms with Crippen molar-refractivity contribution >= 4 is 35.0 Å². The van der Waals surface area contributed by atoms with Gasteiger partial charge in [-0.2, -0.15) is 10.1 Å². The van der Waals surface area contributed by atoms with Gasteiger partial charge in [0.15, 0.2) is 0 Å². The normalized spacial score (nSPS) is 20.7. The fourth-order valence-corrected chi connectivity index (χ4v) is 4.36. The molecule has 0 aliphatic carbocycles. The number of aromatic nitrogens is 4. The van der Waals surface area contributed by atoms with E-state index in [9.17, 15) is 4.79 Å². The Balaban J connectivity index is 1.33. The van der Waals surface area contributed by atoms with Crippen LogP contribution in [-0.4, -0.2) is 75.2 Å². The van der Waals surface area contributed by atoms with Crippen LogP contribution in [-0.2, 0) is 4.79 Å². The summed E-state index contributed by atoms with van der Waals surface area (Å²) in [6, 6.07) is 0.395. The summed E-state index contributed by atoms with van der Waals surface area (Å²) in [6.45, 7) is 10.3. The third-order valence-electron chi connectivity index (χ3n) is 6.00. The average molecular weight is 447 g/mol. The van der Waals surface area contributed by atoms with Gasteiger partial charge >= 0.3 is 0 Å². The van der Waals surface area contributed by atoms with Crippen molar-refractivity contribution in [3.8, 4) is 0 Å². The Morgan fingerprint density at radius 1 is 1.35 bits per heavy atom. The Hall–Kier alpha value is -2.39. The maximum absolute atomic E-state index is 12.0. The number of nitrogens with zero attached hydrogens (tertiary/aromatic N) is 6. The third kappa shape index (κ3) is 4.77. The Bertz CT molecular complexity index is 959. The van der Waals surface area contributed by atoms with Crippen molar-refractivity contribution in [3.63, 3.8) is 0 Å². The Labute approximate surface area is 188 Å². The number of β-lactam (4-membered cyclic amide) rings is 1. The smallest absolute Gasteiger partial charge is 0.230 e. The highest BCUT2D eigenvalue weighted by molar-refractivity contribution is 6.32. The number of halogens is 1. The van der Waals surface area contributed by atoms with E-state index < -0.39 is 0 Å². The highest BCUT2D eigenvalue weighted by Gasteiger charge is 2.43. The van der Waals surface area contributed by atoms with Crippen LogP contribution in [0.1, 0.15) is 38.4 Å². The molecule has 31 heavy (non-hydrogen) atoms. The van der Waals surface area contributed by atoms with Crippen LogP contribution >= 0.6 is 11.6 Å². The highest BCUT2D eigenvalue weighted by atomic mass is 35.5. The fourth-order valence-electron chi connectivity index (χ4n) is 4.20. The SMILES string of the molecule is Cc1nn(C2CCN(C)C2)cc1Nc1ncc(Cl)c(NCCCN2CC(C)(C)C2=O)n1. The first-order valence-corrected chi connectivity index (χ1v) is 11.2. The second-order valence-electron chi connectivity index (χ2n) is 9.22. The van der Waals surface area contributed by atoms with Gasteiger partial charge in [0.1, 0.15) is 10.8 Å². The van der Waals surface area contributed by atoms with Crippen molar-refractivity contribution in [2.45, 2.75) is 39.7 Å². The molecule has 9 nitrogen and oxygen atoms in total. The minimum absolute atomic E-state index is 0.205. The van der Waals surface area contributed by atoms with E-state index in [0.29, 0.717) is 29.4 Å². The van der Waals surface area contributed by atoms with Gasteiger partial charge in [-0.05, 0) is 47.2 Å². The van der Waals surface area contributed by atoms with Gasteiger partial charge in [0.25, 0.3) is 0 Å². The first-order chi connectivity index (χ1) is 14.7. The number of likely N-dealkylation sites (tertiary alicyclic amines) is 2. The first-order valence-electron chi connectivity index (χ1n) is 10.8. The van der Waals surface area contributed by atoms with E-state index >= 15 is 0 Å². The molecule has 2 aliphatic heterocycles. The topological polar surface area (TPSA) is 91.2 Å². The summed E-state index contributed by atoms with van der Waals surface area (Å²) < 4.78 is 2.04. The standard InChI is InChI=1S/C21H31ClN8O/c1-14-17(12-30(27-14)15-6-9-28(4)11-15)25-20-24-10-16(22)18(26-20)23-7-5-8-29-13-21(2,3)19(29)31/h10,12,15H,5-9,11,13H2,1-4H3,(H2,23,24,25,26). The van der Waals surface area contributed by atoms with Crippen LogP contribution in [0.3, 0.4) is 0 Å². The third-order valence-corrected chi connectivity index (χ3v) is 6.27. The number of likely N-dealkylation sites (N-methyl/N-ethyl adjacent to an activating group) is 1. The molecule has 2 aromatic rings. The van der Waals surface area contributed by atoms with E-state index in [4.69, 9.17) is 11.6 Å². The minimum Gasteiger partial charge on any atom is -0.369 e. The maximum atomic E-state index is 12.0. The molecular formula is C21H31ClN8O. The monoisotopic (exact) mass is 446 g/mol. The minimum atomic E-state index is -0.205. The number of amides is 1. The summed E-state index contributed by atoms with van der Waals surface area (Å²) in [4.78, 5) is 25.0. The molecule has 168 valence electrons. The van der Waals surface area contributed by atoms with Gasteiger partial charge in [-0.3, -0.25) is 9.48 Å². The molecule has 1 atom stereocenters. The molecule has 4 heterocycles. The highest BCUT2D eigenvalue weighted by Crippen LogP contribution is 2.30. The summed E-state index contributed by atoms with van der Waals surface area (Å²) in [5.74, 6) is 1.27. The van der Waals surface area contributed by atoms with Gasteiger partial charge in [-0.15, -0.1) is 0 Å². The number of nitrogens with one attached hydrogen (secondary N) is 2. The zero-order valence-electron chi connectivity index (χ0n) is 18.7. The molecule has 4 rings (SSSR count). The number of aryl methyl sites for hydroxylation is 1. The molecule has 2 saturated heterocycles. The molecule has 2 aliphatic rings. The lowest BCUT2D eigenvalue weighted by atomic mass is 9.83. The molecule has 2 N–H and O–H groups in total. The van der Waals surface area contributed by atoms with Crippen molar-refractivity contribution < 1.29 is 4.79 Å². The second-order valence-corrected chi connectivity index (χ2v) is 9.63. The second kappa shape index (κ2) is 8.63. The molecule has 0 aromatic carbocycles. The molecule has 2 fully saturated rings. The summed E-state index contributed by atoms with van der Waals surface area (Å²) in [5.41, 5.74) is 1.59. The Kier molecular flexibility index (Phi) is 6.07. The van der Waals surface area contributed by atoms with Crippen molar-refractivity contribution in [1.82, 2.24) is 29.5 Å². The molecule has 2 aromatic heterocycles. The van der Waals surface area contributed by atoms with Gasteiger partial charge < -0.3 is 20.4 Å². The lowest BCUT2D eigenvalue weighted by molar-refractivity contribution is -0.156. The predicted molar refractivity (Wildman–Crippen MR) is 122 cm³/mol. The number of anilines is 3. The molecular weight excluding hydrogens is 416 g/mol. The number of carbonyl (C=O) groups excluding carboxylic acids is 1. The maximum Gasteiger partial charge on any atom is 0.230 e. The number of carbonyl (C=O) groups is 1. The molecule has 0 saturated carbocycles. The Morgan fingerprint density at radius 3 is 2.84 bits per heavy atom. The van der Waals surface area contributed by atoms with Crippen LogP contribution in [0.15, 0.2) is 12.4 Å². The fraction of sp³-hybridized carbons (Fsp3) is 0.619. The number of hydrogen-bond acceptors (Lipinski definition) is 7. The van der Waals surface area contributed by atoms with E-state index in [-0.39, 0.29) is 11.3 Å². The molecule has 1 unspecified atom stereocenters. The van der Waals surface area contributed by atoms with Gasteiger partial charge in [-0.25, -0.2) is 4.98 Å². The van der Waals surface area contributed by atoms with Crippen LogP contribution in [0.2, 0.25) is 5.02 Å². The molecule has 10 heteroatoms. The molecule has 0 spiro atoms. The molecule has 0 bridgehead atoms. The van der Waals surface area contributed by atoms with Crippen molar-refractivity contribution in [3.05, 3.63) is 23.1 Å². The largest absolute Gasteiger partial charge is 0.369 e. The number of hydrogen-bond donors (Lipinski definition) is 2. The van der Waals surface area contributed by atoms with E-state index in [1.165, 1.54) is 0 Å². The van der Waals surface area contributed by atoms with Gasteiger partial charge in [0.05, 0.1) is 29.0 Å². The van der Waals surface area contributed by atoms with Crippen LogP contribution < -0.4 is 10.6 Å². The van der Waals surface area contributed by atoms with Crippen molar-refractivity contribution in [2.75, 3.05) is 50.4 Å². The molecule has 1 amide bonds. The van der Waals surface area contributed by atoms with Gasteiger partial charge in [0.2, 0.25) is 11.9 Å². The van der Waals surface area contributed by atoms with Crippen molar-refractivity contribution in [1.29, 1.82) is 0 Å². The van der Waals surface area contributed by atoms with E-state index in [0.717, 1.165) is 50.4 Å². The lowest BCUT2D eigenvalue weighted by Gasteiger charge is -2.44. The predicted octanol–water partition coefficient (Wildman–Crippen LogP) is 2.93. The summed E-state index contributed by atoms with van der Waals surface area (Å²) in [7, 11) is 2.13. The quantitative estimate of drug-likeness (QED) is 0.475. The Morgan fingerprint density at radius 2 is 2.16 bits per heavy atom. The zero-order valence-corrected chi connectivity index (χ0v) is 19.4. The van der Waals surface area contributed by atoms with Crippen LogP contribution in [0.4, 0.5) is 17.5 Å². The summed E-state index contributed by atoms with van der Waals surface area (Å²) in [5, 5.41) is 11.7. The number of rotatable bonds is 8. The van der Waals surface area contributed by atoms with Gasteiger partial charge in [-0.1, -0.05) is 11.6 Å². The van der Waals surface area contributed by atoms with Crippen molar-refractivity contribution in [2.24, 2.45) is 5.41 Å². The van der Waals surface area contributed by atoms with E-state index in [1.807, 2.05) is 36.5 Å². The van der Waals surface area contributed by atoms with E-state index in [2.05, 4.69) is 37.6 Å². The average Bonchev–Trinajstić information content (AvgIpc) is 3.32. The first kappa shape index (κ1) is 21.8. The summed E-state index contributed by atoms with van der Waals surface area (Å²) >= 11 is 6.27. The molecule has 0 radical (unpaired) electrons. The van der Waals surface area contributed by atoms with Crippen LogP contribution in [0.5, 0.6) is 0 Å². The van der Waals surface area contributed by atoms with Crippen LogP contribution in [0.25, 0.3) is 0 Å². The lowest BCUT2D eigenvalue weighted by Crippen LogP contribution is -2.58.